The summed E-state index contributed by atoms with van der Waals surface area (Å²) in [5.74, 6) is -0.946. The Balaban J connectivity index is 3.84. The summed E-state index contributed by atoms with van der Waals surface area (Å²) in [6.07, 6.45) is 14.4. The van der Waals surface area contributed by atoms with Gasteiger partial charge in [0.2, 0.25) is 0 Å². The molecule has 2 N–H and O–H groups in total. The summed E-state index contributed by atoms with van der Waals surface area (Å²) in [4.78, 5) is 41.1. The van der Waals surface area contributed by atoms with Crippen molar-refractivity contribution in [3.05, 3.63) is 0 Å². The molecule has 0 heterocycles. The van der Waals surface area contributed by atoms with Crippen molar-refractivity contribution in [1.82, 2.24) is 0 Å². The summed E-state index contributed by atoms with van der Waals surface area (Å²) in [5.41, 5.74) is 0. The first kappa shape index (κ1) is 30.0. The maximum atomic E-state index is 11.9. The fraction of sp³-hybridized carbons (Fsp3) is 0.909. The summed E-state index contributed by atoms with van der Waals surface area (Å²) in [6, 6.07) is 0. The monoisotopic (exact) mass is 466 g/mol. The highest BCUT2D eigenvalue weighted by atomic mass is 31.2. The molecule has 0 aliphatic rings. The molecule has 31 heavy (non-hydrogen) atoms. The van der Waals surface area contributed by atoms with Gasteiger partial charge in [0.15, 0.2) is 6.10 Å². The van der Waals surface area contributed by atoms with Crippen LogP contribution in [-0.4, -0.2) is 41.0 Å². The topological polar surface area (TPSA) is 119 Å². The minimum Gasteiger partial charge on any atom is -0.462 e. The predicted octanol–water partition coefficient (Wildman–Crippen LogP) is 5.44. The van der Waals surface area contributed by atoms with Crippen LogP contribution in [0.2, 0.25) is 0 Å². The van der Waals surface area contributed by atoms with E-state index >= 15 is 0 Å². The van der Waals surface area contributed by atoms with Gasteiger partial charge in [0.1, 0.15) is 6.61 Å². The van der Waals surface area contributed by atoms with Crippen LogP contribution in [0.5, 0.6) is 0 Å². The van der Waals surface area contributed by atoms with E-state index in [0.29, 0.717) is 6.42 Å². The van der Waals surface area contributed by atoms with Gasteiger partial charge in [-0.1, -0.05) is 84.5 Å². The number of hydrogen-bond donors (Lipinski definition) is 2. The maximum absolute atomic E-state index is 11.9. The maximum Gasteiger partial charge on any atom is 0.469 e. The lowest BCUT2D eigenvalue weighted by Gasteiger charge is -2.18. The van der Waals surface area contributed by atoms with Crippen molar-refractivity contribution in [2.45, 2.75) is 116 Å². The largest absolute Gasteiger partial charge is 0.469 e. The Morgan fingerprint density at radius 3 is 1.71 bits per heavy atom. The zero-order valence-electron chi connectivity index (χ0n) is 19.4. The molecule has 0 aliphatic heterocycles. The third-order valence-electron chi connectivity index (χ3n) is 4.85. The molecule has 8 nitrogen and oxygen atoms in total. The average molecular weight is 467 g/mol. The SMILES string of the molecule is CCCCCCCCCCCCCCC(=O)OC[C@H](COP(=O)(O)O)OC(=O)CCC. The minimum atomic E-state index is -4.70. The Bertz CT molecular complexity index is 506. The smallest absolute Gasteiger partial charge is 0.462 e. The van der Waals surface area contributed by atoms with E-state index in [1.165, 1.54) is 57.8 Å². The molecule has 0 saturated heterocycles. The van der Waals surface area contributed by atoms with Gasteiger partial charge in [-0.2, -0.15) is 0 Å². The lowest BCUT2D eigenvalue weighted by Crippen LogP contribution is -2.29. The molecule has 9 heteroatoms. The van der Waals surface area contributed by atoms with Gasteiger partial charge in [-0.3, -0.25) is 14.1 Å². The highest BCUT2D eigenvalue weighted by Crippen LogP contribution is 2.35. The third kappa shape index (κ3) is 22.0. The second kappa shape index (κ2) is 19.7. The zero-order chi connectivity index (χ0) is 23.4. The fourth-order valence-corrected chi connectivity index (χ4v) is 3.47. The molecule has 0 bridgehead atoms. The van der Waals surface area contributed by atoms with Crippen LogP contribution in [0, 0.1) is 0 Å². The Hall–Kier alpha value is -0.950. The van der Waals surface area contributed by atoms with Crippen LogP contribution in [0.25, 0.3) is 0 Å². The van der Waals surface area contributed by atoms with Gasteiger partial charge in [-0.05, 0) is 12.8 Å². The summed E-state index contributed by atoms with van der Waals surface area (Å²) < 4.78 is 25.4. The highest BCUT2D eigenvalue weighted by Gasteiger charge is 2.22. The number of carbonyl (C=O) groups is 2. The van der Waals surface area contributed by atoms with E-state index < -0.39 is 32.5 Å². The van der Waals surface area contributed by atoms with Gasteiger partial charge < -0.3 is 19.3 Å². The molecule has 0 saturated carbocycles. The molecule has 0 rings (SSSR count). The van der Waals surface area contributed by atoms with Crippen molar-refractivity contribution < 1.29 is 37.9 Å². The molecule has 1 atom stereocenters. The number of ether oxygens (including phenoxy) is 2. The van der Waals surface area contributed by atoms with E-state index in [1.807, 2.05) is 0 Å². The fourth-order valence-electron chi connectivity index (χ4n) is 3.11. The van der Waals surface area contributed by atoms with Crippen molar-refractivity contribution >= 4 is 19.8 Å². The summed E-state index contributed by atoms with van der Waals surface area (Å²) in [5, 5.41) is 0. The summed E-state index contributed by atoms with van der Waals surface area (Å²) in [6.45, 7) is 3.21. The van der Waals surface area contributed by atoms with Crippen molar-refractivity contribution in [3.63, 3.8) is 0 Å². The number of rotatable bonds is 21. The molecular formula is C22H43O8P. The molecule has 0 aromatic heterocycles. The Morgan fingerprint density at radius 2 is 1.23 bits per heavy atom. The quantitative estimate of drug-likeness (QED) is 0.130. The van der Waals surface area contributed by atoms with Gasteiger partial charge in [-0.25, -0.2) is 4.57 Å². The van der Waals surface area contributed by atoms with Crippen molar-refractivity contribution in [2.24, 2.45) is 0 Å². The average Bonchev–Trinajstić information content (AvgIpc) is 2.70. The number of unbranched alkanes of at least 4 members (excludes halogenated alkanes) is 11. The normalized spacial score (nSPS) is 12.5. The molecule has 0 amide bonds. The van der Waals surface area contributed by atoms with Gasteiger partial charge >= 0.3 is 19.8 Å². The number of esters is 2. The number of phosphoric ester groups is 1. The Labute approximate surface area is 187 Å². The van der Waals surface area contributed by atoms with E-state index in [2.05, 4.69) is 11.4 Å². The first-order valence-corrected chi connectivity index (χ1v) is 13.4. The van der Waals surface area contributed by atoms with Gasteiger partial charge in [0, 0.05) is 12.8 Å². The van der Waals surface area contributed by atoms with Crippen LogP contribution in [0.3, 0.4) is 0 Å². The molecule has 184 valence electrons. The molecule has 0 spiro atoms. The van der Waals surface area contributed by atoms with Crippen LogP contribution in [0.4, 0.5) is 0 Å². The zero-order valence-corrected chi connectivity index (χ0v) is 20.3. The summed E-state index contributed by atoms with van der Waals surface area (Å²) >= 11 is 0. The molecule has 0 aromatic rings. The van der Waals surface area contributed by atoms with Crippen LogP contribution in [0.1, 0.15) is 110 Å². The van der Waals surface area contributed by atoms with E-state index in [4.69, 9.17) is 19.3 Å². The molecule has 0 aliphatic carbocycles. The lowest BCUT2D eigenvalue weighted by atomic mass is 10.0. The lowest BCUT2D eigenvalue weighted by molar-refractivity contribution is -0.161. The van der Waals surface area contributed by atoms with Crippen LogP contribution in [0.15, 0.2) is 0 Å². The van der Waals surface area contributed by atoms with Crippen LogP contribution in [-0.2, 0) is 28.2 Å². The van der Waals surface area contributed by atoms with Gasteiger partial charge in [0.25, 0.3) is 0 Å². The number of phosphoric acid groups is 1. The Morgan fingerprint density at radius 1 is 0.710 bits per heavy atom. The second-order valence-corrected chi connectivity index (χ2v) is 9.21. The van der Waals surface area contributed by atoms with Crippen LogP contribution < -0.4 is 0 Å². The third-order valence-corrected chi connectivity index (χ3v) is 5.33. The molecule has 0 unspecified atom stereocenters. The predicted molar refractivity (Wildman–Crippen MR) is 119 cm³/mol. The molecule has 0 fully saturated rings. The number of carbonyl (C=O) groups excluding carboxylic acids is 2. The van der Waals surface area contributed by atoms with E-state index in [1.54, 1.807) is 6.92 Å². The Kier molecular flexibility index (Phi) is 19.1. The van der Waals surface area contributed by atoms with Crippen molar-refractivity contribution in [3.8, 4) is 0 Å². The summed E-state index contributed by atoms with van der Waals surface area (Å²) in [7, 11) is -4.70. The van der Waals surface area contributed by atoms with Crippen molar-refractivity contribution in [2.75, 3.05) is 13.2 Å². The molecule has 0 aromatic carbocycles. The second-order valence-electron chi connectivity index (χ2n) is 7.97. The first-order valence-electron chi connectivity index (χ1n) is 11.8. The van der Waals surface area contributed by atoms with Gasteiger partial charge in [-0.15, -0.1) is 0 Å². The number of hydrogen-bond acceptors (Lipinski definition) is 6. The van der Waals surface area contributed by atoms with Gasteiger partial charge in [0.05, 0.1) is 6.61 Å². The highest BCUT2D eigenvalue weighted by molar-refractivity contribution is 7.46. The van der Waals surface area contributed by atoms with Crippen molar-refractivity contribution in [1.29, 1.82) is 0 Å². The van der Waals surface area contributed by atoms with Crippen LogP contribution >= 0.6 is 7.82 Å². The van der Waals surface area contributed by atoms with E-state index in [-0.39, 0.29) is 19.4 Å². The molecular weight excluding hydrogens is 423 g/mol. The minimum absolute atomic E-state index is 0.166. The first-order chi connectivity index (χ1) is 14.8. The van der Waals surface area contributed by atoms with E-state index in [0.717, 1.165) is 19.3 Å². The standard InChI is InChI=1S/C22H43O8P/c1-3-5-6-7-8-9-10-11-12-13-14-15-17-21(23)28-18-20(19-29-31(25,26)27)30-22(24)16-4-2/h20H,3-19H2,1-2H3,(H2,25,26,27)/t20-/m1/s1. The van der Waals surface area contributed by atoms with E-state index in [9.17, 15) is 14.2 Å². The molecule has 0 radical (unpaired) electrons.